The third-order valence-corrected chi connectivity index (χ3v) is 4.21. The quantitative estimate of drug-likeness (QED) is 0.877. The first kappa shape index (κ1) is 13.8. The number of nitrogens with zero attached hydrogens (tertiary/aromatic N) is 2. The molecule has 1 saturated heterocycles. The molecule has 106 valence electrons. The van der Waals surface area contributed by atoms with Gasteiger partial charge in [-0.25, -0.2) is 4.98 Å². The molecule has 2 aromatic rings. The van der Waals surface area contributed by atoms with E-state index >= 15 is 0 Å². The van der Waals surface area contributed by atoms with Gasteiger partial charge in [0.2, 0.25) is 0 Å². The first-order valence-corrected chi connectivity index (χ1v) is 7.56. The summed E-state index contributed by atoms with van der Waals surface area (Å²) in [5.41, 5.74) is 2.06. The molecule has 0 spiro atoms. The van der Waals surface area contributed by atoms with Gasteiger partial charge in [0.25, 0.3) is 0 Å². The van der Waals surface area contributed by atoms with E-state index in [1.807, 2.05) is 18.2 Å². The third kappa shape index (κ3) is 3.11. The molecule has 3 nitrogen and oxygen atoms in total. The van der Waals surface area contributed by atoms with E-state index in [1.165, 1.54) is 12.8 Å². The van der Waals surface area contributed by atoms with E-state index < -0.39 is 0 Å². The highest BCUT2D eigenvalue weighted by Crippen LogP contribution is 2.21. The highest BCUT2D eigenvalue weighted by molar-refractivity contribution is 6.30. The van der Waals surface area contributed by atoms with Crippen molar-refractivity contribution in [3.8, 4) is 0 Å². The highest BCUT2D eigenvalue weighted by atomic mass is 35.5. The van der Waals surface area contributed by atoms with E-state index in [1.54, 1.807) is 0 Å². The van der Waals surface area contributed by atoms with Gasteiger partial charge in [-0.1, -0.05) is 29.8 Å². The van der Waals surface area contributed by atoms with Gasteiger partial charge in [0.15, 0.2) is 0 Å². The van der Waals surface area contributed by atoms with Crippen molar-refractivity contribution in [3.63, 3.8) is 0 Å². The van der Waals surface area contributed by atoms with Crippen LogP contribution in [0.1, 0.15) is 18.4 Å². The molecule has 1 aromatic carbocycles. The minimum Gasteiger partial charge on any atom is -0.313 e. The summed E-state index contributed by atoms with van der Waals surface area (Å²) in [6, 6.07) is 10.9. The first-order chi connectivity index (χ1) is 9.72. The predicted octanol–water partition coefficient (Wildman–Crippen LogP) is 3.07. The van der Waals surface area contributed by atoms with Gasteiger partial charge < -0.3 is 10.2 Å². The van der Waals surface area contributed by atoms with Gasteiger partial charge in [0.05, 0.1) is 5.52 Å². The number of hydrogen-bond acceptors (Lipinski definition) is 3. The van der Waals surface area contributed by atoms with Crippen LogP contribution in [0.4, 0.5) is 0 Å². The molecule has 3 rings (SSSR count). The Bertz CT molecular complexity index is 593. The molecule has 1 atom stereocenters. The summed E-state index contributed by atoms with van der Waals surface area (Å²) in [7, 11) is 2.14. The average Bonchev–Trinajstić information content (AvgIpc) is 2.92. The number of pyridine rings is 1. The number of halogens is 1. The normalized spacial score (nSPS) is 19.1. The molecular weight excluding hydrogens is 270 g/mol. The second kappa shape index (κ2) is 6.08. The van der Waals surface area contributed by atoms with E-state index in [0.29, 0.717) is 11.2 Å². The molecule has 0 bridgehead atoms. The number of para-hydroxylation sites is 1. The first-order valence-electron chi connectivity index (χ1n) is 7.18. The smallest absolute Gasteiger partial charge is 0.134 e. The zero-order valence-electron chi connectivity index (χ0n) is 11.8. The molecular formula is C16H20ClN3. The zero-order valence-corrected chi connectivity index (χ0v) is 12.5. The Morgan fingerprint density at radius 3 is 3.05 bits per heavy atom. The Kier molecular flexibility index (Phi) is 4.20. The van der Waals surface area contributed by atoms with Gasteiger partial charge in [-0.15, -0.1) is 0 Å². The Balaban J connectivity index is 1.74. The lowest BCUT2D eigenvalue weighted by molar-refractivity contribution is 0.293. The van der Waals surface area contributed by atoms with E-state index in [2.05, 4.69) is 34.4 Å². The number of rotatable bonds is 4. The number of benzene rings is 1. The van der Waals surface area contributed by atoms with Gasteiger partial charge in [0.1, 0.15) is 5.15 Å². The van der Waals surface area contributed by atoms with Crippen molar-refractivity contribution in [1.29, 1.82) is 0 Å². The van der Waals surface area contributed by atoms with Crippen LogP contribution in [0.25, 0.3) is 10.9 Å². The molecule has 20 heavy (non-hydrogen) atoms. The summed E-state index contributed by atoms with van der Waals surface area (Å²) in [4.78, 5) is 6.80. The molecule has 1 aliphatic rings. The lowest BCUT2D eigenvalue weighted by Gasteiger charge is -2.21. The van der Waals surface area contributed by atoms with Crippen LogP contribution in [0.15, 0.2) is 30.3 Å². The second-order valence-corrected chi connectivity index (χ2v) is 5.98. The average molecular weight is 290 g/mol. The summed E-state index contributed by atoms with van der Waals surface area (Å²) in [5, 5.41) is 5.30. The van der Waals surface area contributed by atoms with Crippen LogP contribution >= 0.6 is 11.6 Å². The standard InChI is InChI=1S/C16H20ClN3/c1-20(11-14-6-4-8-18-14)10-13-9-12-5-2-3-7-15(12)19-16(13)17/h2-3,5,7,9,14,18H,4,6,8,10-11H2,1H3. The van der Waals surface area contributed by atoms with Crippen LogP contribution < -0.4 is 5.32 Å². The summed E-state index contributed by atoms with van der Waals surface area (Å²) < 4.78 is 0. The summed E-state index contributed by atoms with van der Waals surface area (Å²) >= 11 is 6.31. The molecule has 0 amide bonds. The number of aromatic nitrogens is 1. The monoisotopic (exact) mass is 289 g/mol. The van der Waals surface area contributed by atoms with Crippen molar-refractivity contribution in [2.45, 2.75) is 25.4 Å². The minimum absolute atomic E-state index is 0.618. The SMILES string of the molecule is CN(Cc1cc2ccccc2nc1Cl)CC1CCCN1. The van der Waals surface area contributed by atoms with E-state index in [-0.39, 0.29) is 0 Å². The van der Waals surface area contributed by atoms with Crippen molar-refractivity contribution < 1.29 is 0 Å². The largest absolute Gasteiger partial charge is 0.313 e. The van der Waals surface area contributed by atoms with Crippen LogP contribution in [0.3, 0.4) is 0 Å². The Morgan fingerprint density at radius 2 is 2.25 bits per heavy atom. The fourth-order valence-electron chi connectivity index (χ4n) is 2.89. The highest BCUT2D eigenvalue weighted by Gasteiger charge is 2.16. The molecule has 0 aliphatic carbocycles. The van der Waals surface area contributed by atoms with E-state index in [9.17, 15) is 0 Å². The van der Waals surface area contributed by atoms with Crippen molar-refractivity contribution in [3.05, 3.63) is 41.0 Å². The third-order valence-electron chi connectivity index (χ3n) is 3.88. The van der Waals surface area contributed by atoms with E-state index in [4.69, 9.17) is 11.6 Å². The van der Waals surface area contributed by atoms with Gasteiger partial charge in [-0.05, 0) is 38.6 Å². The fourth-order valence-corrected chi connectivity index (χ4v) is 3.10. The molecule has 1 aromatic heterocycles. The lowest BCUT2D eigenvalue weighted by atomic mass is 10.1. The topological polar surface area (TPSA) is 28.2 Å². The van der Waals surface area contributed by atoms with Crippen molar-refractivity contribution in [2.75, 3.05) is 20.1 Å². The molecule has 4 heteroatoms. The van der Waals surface area contributed by atoms with Crippen LogP contribution in [-0.4, -0.2) is 36.1 Å². The molecule has 0 saturated carbocycles. The Labute approximate surface area is 124 Å². The number of hydrogen-bond donors (Lipinski definition) is 1. The minimum atomic E-state index is 0.618. The molecule has 0 radical (unpaired) electrons. The van der Waals surface area contributed by atoms with Crippen LogP contribution in [0.5, 0.6) is 0 Å². The van der Waals surface area contributed by atoms with Gasteiger partial charge in [-0.3, -0.25) is 0 Å². The van der Waals surface area contributed by atoms with Gasteiger partial charge >= 0.3 is 0 Å². The van der Waals surface area contributed by atoms with Crippen LogP contribution in [-0.2, 0) is 6.54 Å². The molecule has 2 heterocycles. The molecule has 1 fully saturated rings. The summed E-state index contributed by atoms with van der Waals surface area (Å²) in [5.74, 6) is 0. The van der Waals surface area contributed by atoms with Crippen molar-refractivity contribution in [2.24, 2.45) is 0 Å². The van der Waals surface area contributed by atoms with Gasteiger partial charge in [0, 0.05) is 30.1 Å². The van der Waals surface area contributed by atoms with Crippen LogP contribution in [0, 0.1) is 0 Å². The maximum Gasteiger partial charge on any atom is 0.134 e. The second-order valence-electron chi connectivity index (χ2n) is 5.62. The van der Waals surface area contributed by atoms with Gasteiger partial charge in [-0.2, -0.15) is 0 Å². The van der Waals surface area contributed by atoms with Crippen molar-refractivity contribution >= 4 is 22.5 Å². The molecule has 1 aliphatic heterocycles. The summed E-state index contributed by atoms with van der Waals surface area (Å²) in [6.45, 7) is 3.05. The predicted molar refractivity (Wildman–Crippen MR) is 84.1 cm³/mol. The van der Waals surface area contributed by atoms with Crippen LogP contribution in [0.2, 0.25) is 5.15 Å². The molecule has 1 N–H and O–H groups in total. The summed E-state index contributed by atoms with van der Waals surface area (Å²) in [6.07, 6.45) is 2.56. The zero-order chi connectivity index (χ0) is 13.9. The van der Waals surface area contributed by atoms with Crippen molar-refractivity contribution in [1.82, 2.24) is 15.2 Å². The molecule has 1 unspecified atom stereocenters. The maximum absolute atomic E-state index is 6.31. The number of nitrogens with one attached hydrogen (secondary N) is 1. The number of likely N-dealkylation sites (N-methyl/N-ethyl adjacent to an activating group) is 1. The fraction of sp³-hybridized carbons (Fsp3) is 0.438. The van der Waals surface area contributed by atoms with E-state index in [0.717, 1.165) is 36.1 Å². The maximum atomic E-state index is 6.31. The lowest BCUT2D eigenvalue weighted by Crippen LogP contribution is -2.35. The Morgan fingerprint density at radius 1 is 1.40 bits per heavy atom. The Hall–Kier alpha value is -1.16. The number of fused-ring (bicyclic) bond motifs is 1.